The monoisotopic (exact) mass is 305 g/mol. The first-order valence-corrected chi connectivity index (χ1v) is 7.77. The lowest BCUT2D eigenvalue weighted by atomic mass is 9.79. The van der Waals surface area contributed by atoms with E-state index in [2.05, 4.69) is 22.1 Å². The van der Waals surface area contributed by atoms with E-state index in [-0.39, 0.29) is 11.8 Å². The van der Waals surface area contributed by atoms with Gasteiger partial charge in [0.1, 0.15) is 6.33 Å². The molecule has 3 unspecified atom stereocenters. The van der Waals surface area contributed by atoms with Crippen molar-refractivity contribution in [1.29, 1.82) is 0 Å². The van der Waals surface area contributed by atoms with E-state index in [1.54, 1.807) is 6.33 Å². The van der Waals surface area contributed by atoms with Gasteiger partial charge in [0.05, 0.1) is 5.60 Å². The predicted molar refractivity (Wildman–Crippen MR) is 82.1 cm³/mol. The smallest absolute Gasteiger partial charge is 0.153 e. The van der Waals surface area contributed by atoms with Gasteiger partial charge in [-0.3, -0.25) is 5.10 Å². The van der Waals surface area contributed by atoms with Crippen molar-refractivity contribution in [3.63, 3.8) is 0 Å². The summed E-state index contributed by atoms with van der Waals surface area (Å²) in [4.78, 5) is 4.17. The Labute approximate surface area is 129 Å². The molecule has 1 aromatic heterocycles. The third-order valence-electron chi connectivity index (χ3n) is 4.81. The highest BCUT2D eigenvalue weighted by Gasteiger charge is 2.47. The van der Waals surface area contributed by atoms with Crippen LogP contribution in [0.25, 0.3) is 0 Å². The molecule has 5 heteroatoms. The van der Waals surface area contributed by atoms with Gasteiger partial charge in [-0.25, -0.2) is 4.98 Å². The maximum Gasteiger partial charge on any atom is 0.153 e. The maximum absolute atomic E-state index is 11.2. The van der Waals surface area contributed by atoms with Crippen molar-refractivity contribution in [2.75, 3.05) is 0 Å². The Kier molecular flexibility index (Phi) is 4.00. The van der Waals surface area contributed by atoms with Crippen LogP contribution in [0.4, 0.5) is 0 Å². The molecule has 4 nitrogen and oxygen atoms in total. The molecular weight excluding hydrogens is 286 g/mol. The number of aromatic nitrogens is 3. The second-order valence-corrected chi connectivity index (χ2v) is 6.53. The molecule has 3 rings (SSSR count). The minimum absolute atomic E-state index is 0.229. The van der Waals surface area contributed by atoms with Crippen molar-refractivity contribution >= 4 is 11.6 Å². The molecule has 0 saturated heterocycles. The molecule has 1 aromatic carbocycles. The minimum atomic E-state index is -0.734. The predicted octanol–water partition coefficient (Wildman–Crippen LogP) is 3.02. The highest BCUT2D eigenvalue weighted by Crippen LogP contribution is 2.43. The fraction of sp³-hybridized carbons (Fsp3) is 0.500. The largest absolute Gasteiger partial charge is 0.389 e. The van der Waals surface area contributed by atoms with Gasteiger partial charge in [-0.1, -0.05) is 30.7 Å². The Morgan fingerprint density at radius 2 is 2.10 bits per heavy atom. The van der Waals surface area contributed by atoms with Gasteiger partial charge in [-0.15, -0.1) is 0 Å². The SMILES string of the molecule is CC1CCC(Cc2ccc(Cl)cc2)C1(O)Cc1nc[nH]n1. The normalized spacial score (nSPS) is 28.9. The van der Waals surface area contributed by atoms with Gasteiger partial charge in [-0.2, -0.15) is 5.10 Å². The van der Waals surface area contributed by atoms with Gasteiger partial charge in [0.2, 0.25) is 0 Å². The molecule has 2 N–H and O–H groups in total. The molecule has 21 heavy (non-hydrogen) atoms. The second-order valence-electron chi connectivity index (χ2n) is 6.09. The third kappa shape index (κ3) is 2.97. The van der Waals surface area contributed by atoms with E-state index >= 15 is 0 Å². The molecule has 0 aliphatic heterocycles. The number of aliphatic hydroxyl groups is 1. The third-order valence-corrected chi connectivity index (χ3v) is 5.06. The van der Waals surface area contributed by atoms with Gasteiger partial charge in [0, 0.05) is 11.4 Å². The number of halogens is 1. The van der Waals surface area contributed by atoms with Gasteiger partial charge in [0.25, 0.3) is 0 Å². The molecule has 0 spiro atoms. The summed E-state index contributed by atoms with van der Waals surface area (Å²) >= 11 is 5.93. The van der Waals surface area contributed by atoms with Crippen LogP contribution in [0.3, 0.4) is 0 Å². The summed E-state index contributed by atoms with van der Waals surface area (Å²) in [5, 5.41) is 18.8. The summed E-state index contributed by atoms with van der Waals surface area (Å²) in [6, 6.07) is 7.89. The standard InChI is InChI=1S/C16H20ClN3O/c1-11-2-5-13(8-12-3-6-14(17)7-4-12)16(11,21)9-15-18-10-19-20-15/h3-4,6-7,10-11,13,21H,2,5,8-9H2,1H3,(H,18,19,20). The molecule has 112 valence electrons. The first-order chi connectivity index (χ1) is 10.1. The Bertz CT molecular complexity index is 584. The van der Waals surface area contributed by atoms with Crippen molar-refractivity contribution in [3.05, 3.63) is 47.0 Å². The van der Waals surface area contributed by atoms with Crippen LogP contribution in [0, 0.1) is 11.8 Å². The molecule has 1 fully saturated rings. The zero-order valence-corrected chi connectivity index (χ0v) is 12.8. The summed E-state index contributed by atoms with van der Waals surface area (Å²) in [7, 11) is 0. The zero-order valence-electron chi connectivity index (χ0n) is 12.1. The van der Waals surface area contributed by atoms with Crippen LogP contribution in [-0.2, 0) is 12.8 Å². The second kappa shape index (κ2) is 5.78. The van der Waals surface area contributed by atoms with Gasteiger partial charge in [-0.05, 0) is 48.8 Å². The van der Waals surface area contributed by atoms with Gasteiger partial charge < -0.3 is 5.11 Å². The molecule has 1 heterocycles. The van der Waals surface area contributed by atoms with Crippen LogP contribution in [-0.4, -0.2) is 25.9 Å². The maximum atomic E-state index is 11.2. The molecule has 1 aliphatic rings. The average molecular weight is 306 g/mol. The van der Waals surface area contributed by atoms with Crippen molar-refractivity contribution in [2.45, 2.75) is 38.2 Å². The lowest BCUT2D eigenvalue weighted by Crippen LogP contribution is -2.42. The lowest BCUT2D eigenvalue weighted by Gasteiger charge is -2.33. The van der Waals surface area contributed by atoms with E-state index in [0.717, 1.165) is 24.3 Å². The lowest BCUT2D eigenvalue weighted by molar-refractivity contribution is -0.0319. The first kappa shape index (κ1) is 14.5. The Morgan fingerprint density at radius 3 is 2.76 bits per heavy atom. The highest BCUT2D eigenvalue weighted by atomic mass is 35.5. The number of H-pyrrole nitrogens is 1. The number of hydrogen-bond acceptors (Lipinski definition) is 3. The highest BCUT2D eigenvalue weighted by molar-refractivity contribution is 6.30. The van der Waals surface area contributed by atoms with E-state index in [1.807, 2.05) is 24.3 Å². The Morgan fingerprint density at radius 1 is 1.33 bits per heavy atom. The molecule has 2 aromatic rings. The summed E-state index contributed by atoms with van der Waals surface area (Å²) in [5.74, 6) is 1.17. The van der Waals surface area contributed by atoms with E-state index in [0.29, 0.717) is 12.2 Å². The van der Waals surface area contributed by atoms with Crippen molar-refractivity contribution in [3.8, 4) is 0 Å². The van der Waals surface area contributed by atoms with E-state index < -0.39 is 5.60 Å². The van der Waals surface area contributed by atoms with Gasteiger partial charge >= 0.3 is 0 Å². The molecule has 0 bridgehead atoms. The summed E-state index contributed by atoms with van der Waals surface area (Å²) in [5.41, 5.74) is 0.480. The molecule has 1 saturated carbocycles. The van der Waals surface area contributed by atoms with Crippen LogP contribution in [0.5, 0.6) is 0 Å². The summed E-state index contributed by atoms with van der Waals surface area (Å²) in [6.45, 7) is 2.12. The molecule has 0 radical (unpaired) electrons. The number of rotatable bonds is 4. The Balaban J connectivity index is 1.78. The van der Waals surface area contributed by atoms with Crippen LogP contribution >= 0.6 is 11.6 Å². The topological polar surface area (TPSA) is 61.8 Å². The average Bonchev–Trinajstić information content (AvgIpc) is 3.05. The minimum Gasteiger partial charge on any atom is -0.389 e. The number of benzene rings is 1. The Hall–Kier alpha value is -1.39. The fourth-order valence-corrected chi connectivity index (χ4v) is 3.56. The first-order valence-electron chi connectivity index (χ1n) is 7.39. The molecule has 1 aliphatic carbocycles. The number of nitrogens with zero attached hydrogens (tertiary/aromatic N) is 2. The number of nitrogens with one attached hydrogen (secondary N) is 1. The quantitative estimate of drug-likeness (QED) is 0.912. The van der Waals surface area contributed by atoms with Crippen molar-refractivity contribution in [1.82, 2.24) is 15.2 Å². The fourth-order valence-electron chi connectivity index (χ4n) is 3.43. The van der Waals surface area contributed by atoms with Gasteiger partial charge in [0.15, 0.2) is 5.82 Å². The zero-order chi connectivity index (χ0) is 14.9. The van der Waals surface area contributed by atoms with E-state index in [9.17, 15) is 5.11 Å². The van der Waals surface area contributed by atoms with Crippen LogP contribution in [0.15, 0.2) is 30.6 Å². The summed E-state index contributed by atoms with van der Waals surface area (Å²) in [6.07, 6.45) is 5.01. The van der Waals surface area contributed by atoms with Crippen LogP contribution in [0.1, 0.15) is 31.2 Å². The number of hydrogen-bond donors (Lipinski definition) is 2. The van der Waals surface area contributed by atoms with Crippen LogP contribution < -0.4 is 0 Å². The van der Waals surface area contributed by atoms with E-state index in [4.69, 9.17) is 11.6 Å². The van der Waals surface area contributed by atoms with Crippen molar-refractivity contribution in [2.24, 2.45) is 11.8 Å². The molecule has 0 amide bonds. The summed E-state index contributed by atoms with van der Waals surface area (Å²) < 4.78 is 0. The number of aromatic amines is 1. The molecule has 3 atom stereocenters. The molecular formula is C16H20ClN3O. The van der Waals surface area contributed by atoms with Crippen LogP contribution in [0.2, 0.25) is 5.02 Å². The van der Waals surface area contributed by atoms with E-state index in [1.165, 1.54) is 5.56 Å². The van der Waals surface area contributed by atoms with Crippen molar-refractivity contribution < 1.29 is 5.11 Å².